The number of phenolic OH excluding ortho intramolecular Hbond substituents is 6. The van der Waals surface area contributed by atoms with Gasteiger partial charge in [-0.15, -0.1) is 0 Å². The number of hydrogen-bond acceptors (Lipinski definition) is 15. The summed E-state index contributed by atoms with van der Waals surface area (Å²) in [5.41, 5.74) is -0.0544. The second kappa shape index (κ2) is 17.8. The van der Waals surface area contributed by atoms with Gasteiger partial charge >= 0.3 is 23.9 Å². The molecule has 0 aliphatic heterocycles. The maximum atomic E-state index is 13.1. The topological polar surface area (TPSA) is 244 Å². The smallest absolute Gasteiger partial charge is 0.342 e. The van der Waals surface area contributed by atoms with E-state index in [1.165, 1.54) is 45.9 Å². The molecule has 6 N–H and O–H groups in total. The molecule has 15 heteroatoms. The number of Topliss-reactive ketones (excluding diaryl/α,β-unsaturated/α-hetero) is 1. The van der Waals surface area contributed by atoms with Gasteiger partial charge in [0.15, 0.2) is 0 Å². The van der Waals surface area contributed by atoms with Crippen LogP contribution in [0.25, 0.3) is 0 Å². The van der Waals surface area contributed by atoms with Crippen LogP contribution in [0.5, 0.6) is 34.5 Å². The minimum absolute atomic E-state index is 0.0370. The summed E-state index contributed by atoms with van der Waals surface area (Å²) in [6.45, 7) is 7.17. The zero-order valence-electron chi connectivity index (χ0n) is 29.2. The predicted molar refractivity (Wildman–Crippen MR) is 181 cm³/mol. The Kier molecular flexibility index (Phi) is 13.8. The monoisotopic (exact) mass is 726 g/mol. The summed E-state index contributed by atoms with van der Waals surface area (Å²) < 4.78 is 21.4. The first kappa shape index (κ1) is 40.4. The van der Waals surface area contributed by atoms with Gasteiger partial charge in [0.05, 0.1) is 12.8 Å². The Hall–Kier alpha value is -5.99. The van der Waals surface area contributed by atoms with Gasteiger partial charge in [0.25, 0.3) is 0 Å². The number of hydrogen-bond donors (Lipinski definition) is 6. The van der Waals surface area contributed by atoms with E-state index in [1.807, 2.05) is 0 Å². The van der Waals surface area contributed by atoms with Crippen molar-refractivity contribution in [2.45, 2.75) is 91.1 Å². The molecule has 3 aromatic rings. The van der Waals surface area contributed by atoms with Crippen LogP contribution in [0.1, 0.15) is 84.9 Å². The molecule has 0 heterocycles. The Balaban J connectivity index is 1.58. The van der Waals surface area contributed by atoms with Gasteiger partial charge in [-0.3, -0.25) is 14.4 Å². The number of carbonyl (C=O) groups is 5. The van der Waals surface area contributed by atoms with Crippen LogP contribution in [0.15, 0.2) is 42.5 Å². The van der Waals surface area contributed by atoms with E-state index in [4.69, 9.17) is 18.9 Å². The largest absolute Gasteiger partial charge is 0.508 e. The molecule has 15 nitrogen and oxygen atoms in total. The fourth-order valence-electron chi connectivity index (χ4n) is 5.46. The maximum Gasteiger partial charge on any atom is 0.342 e. The molecule has 3 aromatic carbocycles. The predicted octanol–water partition coefficient (Wildman–Crippen LogP) is 4.27. The van der Waals surface area contributed by atoms with E-state index < -0.39 is 72.0 Å². The van der Waals surface area contributed by atoms with Crippen LogP contribution in [0.3, 0.4) is 0 Å². The SMILES string of the molecule is CC(=O)Cc1cc(O)cc(O)c1C(=O)O[C@H](C)CC(=O)O[C@H](C)Cc1cc(O)cc(O)c1C(=O)O[C@H](C)CC(=O)O[C@H](C)Cc1cc(O)cc(O)c1. The van der Waals surface area contributed by atoms with Crippen LogP contribution in [0.4, 0.5) is 0 Å². The number of carbonyl (C=O) groups excluding carboxylic acids is 5. The second-order valence-corrected chi connectivity index (χ2v) is 12.6. The third-order valence-electron chi connectivity index (χ3n) is 7.40. The highest BCUT2D eigenvalue weighted by Gasteiger charge is 2.27. The van der Waals surface area contributed by atoms with Gasteiger partial charge in [0, 0.05) is 37.5 Å². The van der Waals surface area contributed by atoms with Crippen LogP contribution in [0.2, 0.25) is 0 Å². The van der Waals surface area contributed by atoms with Gasteiger partial charge in [-0.1, -0.05) is 0 Å². The Labute approximate surface area is 299 Å². The summed E-state index contributed by atoms with van der Waals surface area (Å²) in [5.74, 6) is -6.22. The van der Waals surface area contributed by atoms with Gasteiger partial charge in [0.1, 0.15) is 75.8 Å². The Morgan fingerprint density at radius 3 is 1.38 bits per heavy atom. The minimum atomic E-state index is -1.06. The minimum Gasteiger partial charge on any atom is -0.508 e. The number of aromatic hydroxyl groups is 6. The number of phenols is 6. The number of rotatable bonds is 16. The normalized spacial score (nSPS) is 13.2. The van der Waals surface area contributed by atoms with Crippen molar-refractivity contribution >= 4 is 29.7 Å². The molecule has 4 atom stereocenters. The van der Waals surface area contributed by atoms with E-state index in [1.54, 1.807) is 6.92 Å². The van der Waals surface area contributed by atoms with Gasteiger partial charge in [-0.2, -0.15) is 0 Å². The summed E-state index contributed by atoms with van der Waals surface area (Å²) >= 11 is 0. The molecule has 0 unspecified atom stereocenters. The first-order valence-electron chi connectivity index (χ1n) is 16.2. The van der Waals surface area contributed by atoms with Crippen molar-refractivity contribution in [3.05, 3.63) is 70.3 Å². The Bertz CT molecular complexity index is 1790. The molecule has 0 radical (unpaired) electrons. The summed E-state index contributed by atoms with van der Waals surface area (Å²) in [6.07, 6.45) is -4.70. The maximum absolute atomic E-state index is 13.1. The summed E-state index contributed by atoms with van der Waals surface area (Å²) in [5, 5.41) is 59.9. The van der Waals surface area contributed by atoms with Gasteiger partial charge in [-0.25, -0.2) is 9.59 Å². The van der Waals surface area contributed by atoms with E-state index in [0.29, 0.717) is 5.56 Å². The quantitative estimate of drug-likeness (QED) is 0.0892. The van der Waals surface area contributed by atoms with E-state index in [9.17, 15) is 54.6 Å². The fraction of sp³-hybridized carbons (Fsp3) is 0.378. The highest BCUT2D eigenvalue weighted by molar-refractivity contribution is 5.96. The molecular formula is C37H42O15. The summed E-state index contributed by atoms with van der Waals surface area (Å²) in [4.78, 5) is 62.8. The Morgan fingerprint density at radius 1 is 0.519 bits per heavy atom. The third kappa shape index (κ3) is 12.1. The molecule has 0 amide bonds. The number of ether oxygens (including phenoxy) is 4. The van der Waals surface area contributed by atoms with Crippen molar-refractivity contribution in [2.75, 3.05) is 0 Å². The Morgan fingerprint density at radius 2 is 0.923 bits per heavy atom. The van der Waals surface area contributed by atoms with Crippen molar-refractivity contribution in [2.24, 2.45) is 0 Å². The molecule has 0 fully saturated rings. The van der Waals surface area contributed by atoms with E-state index in [-0.39, 0.29) is 71.0 Å². The van der Waals surface area contributed by atoms with Crippen molar-refractivity contribution in [3.63, 3.8) is 0 Å². The van der Waals surface area contributed by atoms with Crippen LogP contribution in [-0.2, 0) is 52.6 Å². The van der Waals surface area contributed by atoms with E-state index in [0.717, 1.165) is 24.3 Å². The molecule has 280 valence electrons. The highest BCUT2D eigenvalue weighted by Crippen LogP contribution is 2.31. The average molecular weight is 727 g/mol. The number of ketones is 1. The van der Waals surface area contributed by atoms with Gasteiger partial charge in [-0.05, 0) is 75.6 Å². The van der Waals surface area contributed by atoms with Crippen LogP contribution in [0, 0.1) is 0 Å². The molecule has 0 aliphatic rings. The van der Waals surface area contributed by atoms with Gasteiger partial charge < -0.3 is 49.6 Å². The molecule has 0 spiro atoms. The molecule has 0 saturated carbocycles. The number of esters is 4. The summed E-state index contributed by atoms with van der Waals surface area (Å²) in [7, 11) is 0. The lowest BCUT2D eigenvalue weighted by Crippen LogP contribution is -2.25. The first-order valence-corrected chi connectivity index (χ1v) is 16.2. The first-order chi connectivity index (χ1) is 24.3. The summed E-state index contributed by atoms with van der Waals surface area (Å²) in [6, 6.07) is 8.14. The lowest BCUT2D eigenvalue weighted by atomic mass is 10.00. The van der Waals surface area contributed by atoms with Crippen LogP contribution in [-0.4, -0.2) is 84.7 Å². The molecule has 0 saturated heterocycles. The second-order valence-electron chi connectivity index (χ2n) is 12.6. The molecule has 3 rings (SSSR count). The molecule has 0 aliphatic carbocycles. The number of benzene rings is 3. The third-order valence-corrected chi connectivity index (χ3v) is 7.40. The average Bonchev–Trinajstić information content (AvgIpc) is 2.94. The molecule has 52 heavy (non-hydrogen) atoms. The van der Waals surface area contributed by atoms with Crippen molar-refractivity contribution < 1.29 is 73.6 Å². The molecule has 0 bridgehead atoms. The highest BCUT2D eigenvalue weighted by atomic mass is 16.6. The lowest BCUT2D eigenvalue weighted by molar-refractivity contribution is -0.151. The zero-order valence-corrected chi connectivity index (χ0v) is 29.2. The van der Waals surface area contributed by atoms with Crippen molar-refractivity contribution in [3.8, 4) is 34.5 Å². The fourth-order valence-corrected chi connectivity index (χ4v) is 5.46. The molecular weight excluding hydrogens is 684 g/mol. The van der Waals surface area contributed by atoms with E-state index >= 15 is 0 Å². The van der Waals surface area contributed by atoms with Crippen molar-refractivity contribution in [1.82, 2.24) is 0 Å². The van der Waals surface area contributed by atoms with E-state index in [2.05, 4.69) is 0 Å². The van der Waals surface area contributed by atoms with Crippen LogP contribution >= 0.6 is 0 Å². The van der Waals surface area contributed by atoms with Crippen LogP contribution < -0.4 is 0 Å². The standard InChI is InChI=1S/C37H42O15/c1-18(38)6-24-13-28(41)16-30(43)34(24)36(47)51-22(5)10-33(46)50-20(3)8-25-14-29(42)17-31(44)35(25)37(48)52-21(4)9-32(45)49-19(2)7-23-11-26(39)15-27(40)12-23/h11-17,19-22,39-44H,6-10H2,1-5H3/t19-,20-,21-,22-/m1/s1. The lowest BCUT2D eigenvalue weighted by Gasteiger charge is -2.20. The van der Waals surface area contributed by atoms with Gasteiger partial charge in [0.2, 0.25) is 0 Å². The zero-order chi connectivity index (χ0) is 38.9. The van der Waals surface area contributed by atoms with Crippen molar-refractivity contribution in [1.29, 1.82) is 0 Å². The molecule has 0 aromatic heterocycles.